The first-order valence-electron chi connectivity index (χ1n) is 9.25. The van der Waals surface area contributed by atoms with Crippen LogP contribution in [-0.4, -0.2) is 79.1 Å². The summed E-state index contributed by atoms with van der Waals surface area (Å²) in [5.41, 5.74) is 0.814. The van der Waals surface area contributed by atoms with E-state index < -0.39 is 30.5 Å². The summed E-state index contributed by atoms with van der Waals surface area (Å²) in [7, 11) is 0. The van der Waals surface area contributed by atoms with E-state index in [1.165, 1.54) is 4.68 Å². The second kappa shape index (κ2) is 9.88. The summed E-state index contributed by atoms with van der Waals surface area (Å²) < 4.78 is 6.84. The van der Waals surface area contributed by atoms with Gasteiger partial charge in [-0.2, -0.15) is 0 Å². The van der Waals surface area contributed by atoms with Gasteiger partial charge in [-0.25, -0.2) is 4.68 Å². The highest BCUT2D eigenvalue weighted by molar-refractivity contribution is 5.83. The molecule has 1 aromatic rings. The highest BCUT2D eigenvalue weighted by Crippen LogP contribution is 2.22. The number of ether oxygens (including phenoxy) is 1. The van der Waals surface area contributed by atoms with Gasteiger partial charge in [-0.05, 0) is 12.8 Å². The van der Waals surface area contributed by atoms with E-state index in [9.17, 15) is 24.9 Å². The molecule has 1 aromatic heterocycles. The van der Waals surface area contributed by atoms with Gasteiger partial charge in [-0.15, -0.1) is 5.10 Å². The van der Waals surface area contributed by atoms with Crippen molar-refractivity contribution in [2.24, 2.45) is 0 Å². The number of aromatic nitrogens is 3. The van der Waals surface area contributed by atoms with Gasteiger partial charge in [-0.3, -0.25) is 9.59 Å². The molecule has 5 unspecified atom stereocenters. The van der Waals surface area contributed by atoms with E-state index in [4.69, 9.17) is 4.74 Å². The zero-order valence-electron chi connectivity index (χ0n) is 15.6. The molecule has 0 bridgehead atoms. The highest BCUT2D eigenvalue weighted by Gasteiger charge is 2.45. The molecule has 1 aliphatic rings. The summed E-state index contributed by atoms with van der Waals surface area (Å²) in [6, 6.07) is 0. The Morgan fingerprint density at radius 2 is 1.96 bits per heavy atom. The van der Waals surface area contributed by atoms with Gasteiger partial charge in [0.2, 0.25) is 5.91 Å². The molecule has 1 aliphatic heterocycles. The van der Waals surface area contributed by atoms with E-state index in [1.54, 1.807) is 13.1 Å². The first-order chi connectivity index (χ1) is 12.9. The number of nitrogens with zero attached hydrogens (tertiary/aromatic N) is 3. The second-order valence-electron chi connectivity index (χ2n) is 6.70. The third-order valence-electron chi connectivity index (χ3n) is 4.56. The Labute approximate surface area is 157 Å². The van der Waals surface area contributed by atoms with Crippen LogP contribution in [0.2, 0.25) is 0 Å². The Bertz CT molecular complexity index is 637. The molecule has 10 nitrogen and oxygen atoms in total. The largest absolute Gasteiger partial charge is 0.388 e. The van der Waals surface area contributed by atoms with E-state index in [2.05, 4.69) is 22.6 Å². The lowest BCUT2D eigenvalue weighted by Gasteiger charge is -2.40. The average molecular weight is 384 g/mol. The molecule has 0 radical (unpaired) electrons. The molecule has 0 aromatic carbocycles. The Balaban J connectivity index is 1.87. The number of ketones is 1. The first-order valence-corrected chi connectivity index (χ1v) is 9.25. The van der Waals surface area contributed by atoms with Crippen LogP contribution >= 0.6 is 0 Å². The van der Waals surface area contributed by atoms with Crippen molar-refractivity contribution in [3.8, 4) is 0 Å². The minimum atomic E-state index is -1.53. The predicted molar refractivity (Wildman–Crippen MR) is 93.6 cm³/mol. The van der Waals surface area contributed by atoms with Gasteiger partial charge in [0, 0.05) is 19.2 Å². The Kier molecular flexibility index (Phi) is 7.84. The number of rotatable bonds is 9. The van der Waals surface area contributed by atoms with Gasteiger partial charge in [0.1, 0.15) is 37.1 Å². The number of carbonyl (C=O) groups excluding carboxylic acids is 2. The van der Waals surface area contributed by atoms with Crippen LogP contribution in [0.3, 0.4) is 0 Å². The van der Waals surface area contributed by atoms with Crippen molar-refractivity contribution in [3.05, 3.63) is 11.9 Å². The van der Waals surface area contributed by atoms with E-state index in [0.717, 1.165) is 25.0 Å². The molecule has 0 aliphatic carbocycles. The maximum Gasteiger partial charge on any atom is 0.241 e. The lowest BCUT2D eigenvalue weighted by Crippen LogP contribution is -2.61. The molecule has 1 fully saturated rings. The van der Waals surface area contributed by atoms with E-state index in [1.807, 2.05) is 0 Å². The van der Waals surface area contributed by atoms with Crippen LogP contribution in [0.4, 0.5) is 0 Å². The first kappa shape index (κ1) is 21.4. The van der Waals surface area contributed by atoms with Crippen molar-refractivity contribution >= 4 is 11.7 Å². The number of amides is 1. The molecule has 4 N–H and O–H groups in total. The Hall–Kier alpha value is -1.88. The summed E-state index contributed by atoms with van der Waals surface area (Å²) in [5.74, 6) is -0.760. The topological polar surface area (TPSA) is 147 Å². The van der Waals surface area contributed by atoms with Crippen LogP contribution in [0.25, 0.3) is 0 Å². The number of aliphatic hydroxyl groups is 3. The molecule has 10 heteroatoms. The van der Waals surface area contributed by atoms with Crippen molar-refractivity contribution in [2.45, 2.75) is 76.6 Å². The summed E-state index contributed by atoms with van der Waals surface area (Å²) in [5, 5.41) is 40.4. The third kappa shape index (κ3) is 5.55. The van der Waals surface area contributed by atoms with Crippen LogP contribution in [0.15, 0.2) is 6.20 Å². The summed E-state index contributed by atoms with van der Waals surface area (Å²) >= 11 is 0. The predicted octanol–water partition coefficient (Wildman–Crippen LogP) is -1.43. The Morgan fingerprint density at radius 3 is 2.63 bits per heavy atom. The van der Waals surface area contributed by atoms with Crippen molar-refractivity contribution in [1.82, 2.24) is 20.3 Å². The molecule has 0 spiro atoms. The molecular weight excluding hydrogens is 356 g/mol. The van der Waals surface area contributed by atoms with Gasteiger partial charge < -0.3 is 25.4 Å². The third-order valence-corrected chi connectivity index (χ3v) is 4.56. The van der Waals surface area contributed by atoms with Gasteiger partial charge in [0.15, 0.2) is 5.78 Å². The lowest BCUT2D eigenvalue weighted by molar-refractivity contribution is -0.218. The molecule has 0 saturated carbocycles. The molecule has 1 amide bonds. The summed E-state index contributed by atoms with van der Waals surface area (Å²) in [4.78, 5) is 23.9. The molecule has 2 rings (SSSR count). The van der Waals surface area contributed by atoms with Crippen LogP contribution in [0.1, 0.15) is 38.8 Å². The van der Waals surface area contributed by atoms with E-state index in [-0.39, 0.29) is 31.2 Å². The monoisotopic (exact) mass is 384 g/mol. The number of Topliss-reactive ketones (excluding diaryl/α,β-unsaturated/α-hetero) is 1. The molecule has 1 saturated heterocycles. The van der Waals surface area contributed by atoms with Crippen LogP contribution in [0.5, 0.6) is 0 Å². The number of aliphatic hydroxyl groups excluding tert-OH is 3. The van der Waals surface area contributed by atoms with Crippen LogP contribution < -0.4 is 5.32 Å². The van der Waals surface area contributed by atoms with Crippen molar-refractivity contribution in [3.63, 3.8) is 0 Å². The SMILES string of the molecule is CCCCc1cn(CC(=O)NCC2OC(C(=O)CC)C(O)C(O)C2O)nn1. The zero-order chi connectivity index (χ0) is 20.0. The maximum absolute atomic E-state index is 12.1. The number of hydrogen-bond acceptors (Lipinski definition) is 8. The van der Waals surface area contributed by atoms with E-state index >= 15 is 0 Å². The van der Waals surface area contributed by atoms with Crippen molar-refractivity contribution in [2.75, 3.05) is 6.54 Å². The fourth-order valence-electron chi connectivity index (χ4n) is 2.89. The highest BCUT2D eigenvalue weighted by atomic mass is 16.5. The molecule has 5 atom stereocenters. The van der Waals surface area contributed by atoms with Crippen LogP contribution in [-0.2, 0) is 27.3 Å². The lowest BCUT2D eigenvalue weighted by atomic mass is 9.92. The fourth-order valence-corrected chi connectivity index (χ4v) is 2.89. The molecular formula is C17H28N4O6. The maximum atomic E-state index is 12.1. The number of nitrogens with one attached hydrogen (secondary N) is 1. The molecule has 152 valence electrons. The second-order valence-corrected chi connectivity index (χ2v) is 6.70. The quantitative estimate of drug-likeness (QED) is 0.405. The molecule has 2 heterocycles. The zero-order valence-corrected chi connectivity index (χ0v) is 15.6. The number of aryl methyl sites for hydroxylation is 1. The molecule has 27 heavy (non-hydrogen) atoms. The number of unbranched alkanes of at least 4 members (excludes halogenated alkanes) is 1. The standard InChI is InChI=1S/C17H28N4O6/c1-3-5-6-10-8-21(20-19-10)9-13(23)18-7-12-14(24)15(25)16(26)17(27-12)11(22)4-2/h8,12,14-17,24-26H,3-7,9H2,1-2H3,(H,18,23). The van der Waals surface area contributed by atoms with Crippen molar-refractivity contribution < 1.29 is 29.6 Å². The van der Waals surface area contributed by atoms with Gasteiger partial charge >= 0.3 is 0 Å². The number of carbonyl (C=O) groups is 2. The average Bonchev–Trinajstić information content (AvgIpc) is 3.10. The van der Waals surface area contributed by atoms with Crippen LogP contribution in [0, 0.1) is 0 Å². The van der Waals surface area contributed by atoms with E-state index in [0.29, 0.717) is 0 Å². The smallest absolute Gasteiger partial charge is 0.241 e. The van der Waals surface area contributed by atoms with Gasteiger partial charge in [0.05, 0.1) is 5.69 Å². The Morgan fingerprint density at radius 1 is 1.22 bits per heavy atom. The fraction of sp³-hybridized carbons (Fsp3) is 0.765. The van der Waals surface area contributed by atoms with Gasteiger partial charge in [0.25, 0.3) is 0 Å². The normalized spacial score (nSPS) is 28.1. The van der Waals surface area contributed by atoms with Crippen molar-refractivity contribution in [1.29, 1.82) is 0 Å². The summed E-state index contributed by atoms with van der Waals surface area (Å²) in [6.45, 7) is 3.52. The minimum Gasteiger partial charge on any atom is -0.388 e. The van der Waals surface area contributed by atoms with Gasteiger partial charge in [-0.1, -0.05) is 25.5 Å². The number of hydrogen-bond donors (Lipinski definition) is 4. The summed E-state index contributed by atoms with van der Waals surface area (Å²) in [6.07, 6.45) is -2.04. The minimum absolute atomic E-state index is 0.0512.